The first-order chi connectivity index (χ1) is 11.3. The molecule has 4 rings (SSSR count). The van der Waals surface area contributed by atoms with Gasteiger partial charge in [0.15, 0.2) is 0 Å². The number of fused-ring (bicyclic) bond motifs is 1. The summed E-state index contributed by atoms with van der Waals surface area (Å²) >= 11 is 0. The van der Waals surface area contributed by atoms with Crippen LogP contribution in [0.1, 0.15) is 44.9 Å². The minimum Gasteiger partial charge on any atom is -0.272 e. The maximum Gasteiger partial charge on any atom is 0.253 e. The summed E-state index contributed by atoms with van der Waals surface area (Å²) in [7, 11) is 0. The number of pyridine rings is 1. The van der Waals surface area contributed by atoms with Crippen molar-refractivity contribution < 1.29 is 4.79 Å². The van der Waals surface area contributed by atoms with Crippen molar-refractivity contribution in [1.82, 2.24) is 4.98 Å². The number of rotatable bonds is 3. The fourth-order valence-corrected chi connectivity index (χ4v) is 3.78. The summed E-state index contributed by atoms with van der Waals surface area (Å²) in [4.78, 5) is 16.8. The van der Waals surface area contributed by atoms with E-state index in [1.165, 1.54) is 32.1 Å². The summed E-state index contributed by atoms with van der Waals surface area (Å²) in [5.41, 5.74) is 2.79. The first-order valence-corrected chi connectivity index (χ1v) is 8.54. The van der Waals surface area contributed by atoms with Gasteiger partial charge < -0.3 is 0 Å². The van der Waals surface area contributed by atoms with Crippen molar-refractivity contribution in [3.05, 3.63) is 36.5 Å². The van der Waals surface area contributed by atoms with Gasteiger partial charge >= 0.3 is 0 Å². The molecule has 1 amide bonds. The Balaban J connectivity index is 1.61. The van der Waals surface area contributed by atoms with Gasteiger partial charge in [0.25, 0.3) is 5.91 Å². The zero-order chi connectivity index (χ0) is 15.6. The maximum atomic E-state index is 12.5. The smallest absolute Gasteiger partial charge is 0.253 e. The predicted molar refractivity (Wildman–Crippen MR) is 92.5 cm³/mol. The Bertz CT molecular complexity index is 757. The van der Waals surface area contributed by atoms with Crippen molar-refractivity contribution in [3.8, 4) is 0 Å². The summed E-state index contributed by atoms with van der Waals surface area (Å²) in [6.07, 6.45) is 9.79. The van der Waals surface area contributed by atoms with Crippen LogP contribution in [-0.4, -0.2) is 16.6 Å². The Kier molecular flexibility index (Phi) is 3.82. The summed E-state index contributed by atoms with van der Waals surface area (Å²) < 4.78 is 0. The third-order valence-electron chi connectivity index (χ3n) is 4.93. The molecule has 0 spiro atoms. The van der Waals surface area contributed by atoms with Crippen LogP contribution >= 0.6 is 0 Å². The van der Waals surface area contributed by atoms with Crippen LogP contribution in [0.4, 0.5) is 5.69 Å². The van der Waals surface area contributed by atoms with Crippen LogP contribution in [-0.2, 0) is 4.79 Å². The van der Waals surface area contributed by atoms with Gasteiger partial charge in [0.2, 0.25) is 0 Å². The van der Waals surface area contributed by atoms with E-state index in [-0.39, 0.29) is 5.91 Å². The number of benzene rings is 1. The second-order valence-corrected chi connectivity index (χ2v) is 6.60. The van der Waals surface area contributed by atoms with Crippen LogP contribution in [0.3, 0.4) is 0 Å². The molecule has 118 valence electrons. The number of hydrogen-bond donors (Lipinski definition) is 0. The van der Waals surface area contributed by atoms with Crippen molar-refractivity contribution >= 4 is 28.2 Å². The van der Waals surface area contributed by atoms with Gasteiger partial charge in [-0.1, -0.05) is 38.2 Å². The molecule has 1 aromatic carbocycles. The quantitative estimate of drug-likeness (QED) is 0.848. The fourth-order valence-electron chi connectivity index (χ4n) is 3.78. The van der Waals surface area contributed by atoms with Gasteiger partial charge in [-0.25, -0.2) is 0 Å². The molecule has 4 heteroatoms. The molecular formula is C19H21N3O. The number of carbonyl (C=O) groups is 1. The van der Waals surface area contributed by atoms with E-state index >= 15 is 0 Å². The third-order valence-corrected chi connectivity index (χ3v) is 4.93. The van der Waals surface area contributed by atoms with E-state index < -0.39 is 0 Å². The molecule has 0 N–H and O–H groups in total. The second-order valence-electron chi connectivity index (χ2n) is 6.60. The lowest BCUT2D eigenvalue weighted by Crippen LogP contribution is -2.19. The third kappa shape index (κ3) is 2.85. The number of hydrazone groups is 1. The number of carbonyl (C=O) groups excluding carboxylic acids is 1. The van der Waals surface area contributed by atoms with Gasteiger partial charge in [-0.2, -0.15) is 10.1 Å². The summed E-state index contributed by atoms with van der Waals surface area (Å²) in [5.74, 6) is 0.789. The van der Waals surface area contributed by atoms with Crippen LogP contribution < -0.4 is 5.01 Å². The normalized spacial score (nSPS) is 19.4. The Morgan fingerprint density at radius 3 is 2.83 bits per heavy atom. The molecule has 0 atom stereocenters. The van der Waals surface area contributed by atoms with E-state index in [1.807, 2.05) is 30.3 Å². The van der Waals surface area contributed by atoms with Crippen LogP contribution in [0, 0.1) is 5.92 Å². The maximum absolute atomic E-state index is 12.5. The Morgan fingerprint density at radius 2 is 1.96 bits per heavy atom. The molecule has 0 saturated heterocycles. The molecule has 1 fully saturated rings. The van der Waals surface area contributed by atoms with Gasteiger partial charge in [0.05, 0.1) is 17.6 Å². The minimum absolute atomic E-state index is 0.0761. The largest absolute Gasteiger partial charge is 0.272 e. The zero-order valence-corrected chi connectivity index (χ0v) is 13.2. The minimum atomic E-state index is 0.0761. The molecule has 1 aliphatic carbocycles. The average molecular weight is 307 g/mol. The predicted octanol–water partition coefficient (Wildman–Crippen LogP) is 4.30. The molecule has 1 aromatic heterocycles. The molecule has 1 aliphatic heterocycles. The van der Waals surface area contributed by atoms with E-state index in [0.717, 1.165) is 28.7 Å². The molecule has 0 radical (unpaired) electrons. The summed E-state index contributed by atoms with van der Waals surface area (Å²) in [5, 5.41) is 7.22. The van der Waals surface area contributed by atoms with Crippen LogP contribution in [0.15, 0.2) is 41.6 Å². The standard InChI is InChI=1S/C19H21N3O/c23-19-13-15(12-14-6-2-1-3-7-14)21-22(19)18-10-4-9-17-16(18)8-5-11-20-17/h4-5,8-11,14H,1-3,6-7,12-13H2. The van der Waals surface area contributed by atoms with E-state index in [2.05, 4.69) is 10.1 Å². The van der Waals surface area contributed by atoms with E-state index in [9.17, 15) is 4.79 Å². The van der Waals surface area contributed by atoms with E-state index in [4.69, 9.17) is 0 Å². The summed E-state index contributed by atoms with van der Waals surface area (Å²) in [6.45, 7) is 0. The monoisotopic (exact) mass is 307 g/mol. The van der Waals surface area contributed by atoms with Gasteiger partial charge in [-0.15, -0.1) is 0 Å². The van der Waals surface area contributed by atoms with Crippen molar-refractivity contribution in [2.24, 2.45) is 11.0 Å². The molecule has 23 heavy (non-hydrogen) atoms. The van der Waals surface area contributed by atoms with E-state index in [0.29, 0.717) is 12.3 Å². The van der Waals surface area contributed by atoms with E-state index in [1.54, 1.807) is 11.2 Å². The number of amides is 1. The van der Waals surface area contributed by atoms with Crippen molar-refractivity contribution in [2.45, 2.75) is 44.9 Å². The van der Waals surface area contributed by atoms with Gasteiger partial charge in [0, 0.05) is 17.3 Å². The molecular weight excluding hydrogens is 286 g/mol. The molecule has 4 nitrogen and oxygen atoms in total. The first kappa shape index (κ1) is 14.4. The molecule has 2 heterocycles. The highest BCUT2D eigenvalue weighted by molar-refractivity contribution is 6.15. The molecule has 1 saturated carbocycles. The van der Waals surface area contributed by atoms with Crippen molar-refractivity contribution in [2.75, 3.05) is 5.01 Å². The molecule has 0 unspecified atom stereocenters. The lowest BCUT2D eigenvalue weighted by atomic mass is 9.85. The second kappa shape index (κ2) is 6.11. The molecule has 0 bridgehead atoms. The zero-order valence-electron chi connectivity index (χ0n) is 13.2. The highest BCUT2D eigenvalue weighted by Crippen LogP contribution is 2.32. The lowest BCUT2D eigenvalue weighted by Gasteiger charge is -2.20. The number of nitrogens with zero attached hydrogens (tertiary/aromatic N) is 3. The Morgan fingerprint density at radius 1 is 1.09 bits per heavy atom. The van der Waals surface area contributed by atoms with Gasteiger partial charge in [-0.05, 0) is 36.6 Å². The highest BCUT2D eigenvalue weighted by Gasteiger charge is 2.28. The molecule has 2 aliphatic rings. The Hall–Kier alpha value is -2.23. The molecule has 2 aromatic rings. The van der Waals surface area contributed by atoms with Gasteiger partial charge in [-0.3, -0.25) is 9.78 Å². The van der Waals surface area contributed by atoms with Gasteiger partial charge in [0.1, 0.15) is 0 Å². The fraction of sp³-hybridized carbons (Fsp3) is 0.421. The Labute approximate surface area is 136 Å². The summed E-state index contributed by atoms with van der Waals surface area (Å²) in [6, 6.07) is 9.76. The number of anilines is 1. The highest BCUT2D eigenvalue weighted by atomic mass is 16.2. The SMILES string of the molecule is O=C1CC(CC2CCCCC2)=NN1c1cccc2ncccc12. The average Bonchev–Trinajstić information content (AvgIpc) is 2.95. The van der Waals surface area contributed by atoms with Crippen LogP contribution in [0.2, 0.25) is 0 Å². The topological polar surface area (TPSA) is 45.6 Å². The number of aromatic nitrogens is 1. The number of hydrogen-bond acceptors (Lipinski definition) is 3. The van der Waals surface area contributed by atoms with Crippen LogP contribution in [0.25, 0.3) is 10.9 Å². The first-order valence-electron chi connectivity index (χ1n) is 8.54. The lowest BCUT2D eigenvalue weighted by molar-refractivity contribution is -0.116. The van der Waals surface area contributed by atoms with Crippen molar-refractivity contribution in [3.63, 3.8) is 0 Å². The van der Waals surface area contributed by atoms with Crippen molar-refractivity contribution in [1.29, 1.82) is 0 Å². The van der Waals surface area contributed by atoms with Crippen LogP contribution in [0.5, 0.6) is 0 Å².